The van der Waals surface area contributed by atoms with Gasteiger partial charge in [-0.25, -0.2) is 4.99 Å². The Labute approximate surface area is 148 Å². The van der Waals surface area contributed by atoms with E-state index in [2.05, 4.69) is 44.1 Å². The third kappa shape index (κ3) is 2.32. The van der Waals surface area contributed by atoms with Crippen molar-refractivity contribution in [2.75, 3.05) is 19.6 Å². The van der Waals surface area contributed by atoms with E-state index in [1.807, 2.05) is 12.1 Å². The van der Waals surface area contributed by atoms with Gasteiger partial charge in [0.2, 0.25) is 0 Å². The number of hydrogen-bond donors (Lipinski definition) is 2. The molecule has 5 nitrogen and oxygen atoms in total. The third-order valence-electron chi connectivity index (χ3n) is 5.25. The molecule has 0 amide bonds. The van der Waals surface area contributed by atoms with Crippen molar-refractivity contribution in [3.63, 3.8) is 0 Å². The SMILES string of the molecule is C=C1NC(CN2C[C@@H]3CC[C@H]2CN3)=Nc2c1oc1ccc(Br)cc21. The second kappa shape index (κ2) is 5.44. The zero-order chi connectivity index (χ0) is 16.3. The van der Waals surface area contributed by atoms with Crippen LogP contribution in [0.15, 0.2) is 38.7 Å². The summed E-state index contributed by atoms with van der Waals surface area (Å²) in [5.41, 5.74) is 2.53. The molecule has 0 aliphatic carbocycles. The van der Waals surface area contributed by atoms with E-state index in [1.165, 1.54) is 12.8 Å². The van der Waals surface area contributed by atoms with Crippen LogP contribution in [0.3, 0.4) is 0 Å². The Bertz CT molecular complexity index is 863. The number of benzene rings is 1. The van der Waals surface area contributed by atoms with Crippen molar-refractivity contribution in [1.29, 1.82) is 0 Å². The van der Waals surface area contributed by atoms with Crippen LogP contribution in [0.4, 0.5) is 5.69 Å². The maximum atomic E-state index is 5.93. The van der Waals surface area contributed by atoms with Gasteiger partial charge in [0.1, 0.15) is 17.1 Å². The molecule has 24 heavy (non-hydrogen) atoms. The van der Waals surface area contributed by atoms with E-state index < -0.39 is 0 Å². The molecular weight excluding hydrogens is 368 g/mol. The number of piperidine rings is 2. The molecule has 5 heterocycles. The predicted molar refractivity (Wildman–Crippen MR) is 99.6 cm³/mol. The standard InChI is InChI=1S/C18H19BrN4O/c1-10-18-17(14-6-11(19)2-5-15(14)24-18)22-16(21-10)9-23-8-12-3-4-13(23)7-20-12/h2,5-6,12-13,20H,1,3-4,7-9H2,(H,21,22)/t12-,13-/m0/s1. The highest BCUT2D eigenvalue weighted by molar-refractivity contribution is 9.10. The molecule has 2 aromatic rings. The molecule has 1 aromatic heterocycles. The minimum atomic E-state index is 0.615. The molecule has 124 valence electrons. The fourth-order valence-corrected chi connectivity index (χ4v) is 4.39. The highest BCUT2D eigenvalue weighted by Gasteiger charge is 2.34. The highest BCUT2D eigenvalue weighted by Crippen LogP contribution is 2.39. The molecule has 2 atom stereocenters. The Hall–Kier alpha value is -1.63. The van der Waals surface area contributed by atoms with Crippen LogP contribution in [-0.4, -0.2) is 42.5 Å². The lowest BCUT2D eigenvalue weighted by atomic mass is 9.93. The number of amidine groups is 1. The van der Waals surface area contributed by atoms with E-state index in [9.17, 15) is 0 Å². The molecule has 0 radical (unpaired) electrons. The molecule has 1 aromatic carbocycles. The monoisotopic (exact) mass is 386 g/mol. The highest BCUT2D eigenvalue weighted by atomic mass is 79.9. The largest absolute Gasteiger partial charge is 0.452 e. The van der Waals surface area contributed by atoms with Crippen LogP contribution >= 0.6 is 15.9 Å². The minimum Gasteiger partial charge on any atom is -0.452 e. The average molecular weight is 387 g/mol. The Kier molecular flexibility index (Phi) is 3.33. The first-order valence-electron chi connectivity index (χ1n) is 8.41. The van der Waals surface area contributed by atoms with Crippen molar-refractivity contribution < 1.29 is 4.42 Å². The van der Waals surface area contributed by atoms with E-state index in [0.717, 1.165) is 58.1 Å². The van der Waals surface area contributed by atoms with Crippen LogP contribution in [0.25, 0.3) is 16.7 Å². The Morgan fingerprint density at radius 3 is 3.04 bits per heavy atom. The summed E-state index contributed by atoms with van der Waals surface area (Å²) in [5, 5.41) is 7.97. The van der Waals surface area contributed by atoms with Crippen molar-refractivity contribution in [1.82, 2.24) is 15.5 Å². The molecule has 6 rings (SSSR count). The van der Waals surface area contributed by atoms with Gasteiger partial charge >= 0.3 is 0 Å². The van der Waals surface area contributed by atoms with E-state index in [0.29, 0.717) is 12.1 Å². The van der Waals surface area contributed by atoms with Crippen molar-refractivity contribution in [2.24, 2.45) is 4.99 Å². The van der Waals surface area contributed by atoms with Crippen molar-refractivity contribution >= 4 is 44.1 Å². The number of hydrogen-bond acceptors (Lipinski definition) is 5. The molecule has 3 fully saturated rings. The van der Waals surface area contributed by atoms with Crippen LogP contribution in [0.5, 0.6) is 0 Å². The number of furan rings is 1. The van der Waals surface area contributed by atoms with Crippen LogP contribution in [0, 0.1) is 0 Å². The first-order valence-corrected chi connectivity index (χ1v) is 9.20. The summed E-state index contributed by atoms with van der Waals surface area (Å²) >= 11 is 3.53. The lowest BCUT2D eigenvalue weighted by molar-refractivity contribution is 0.0901. The van der Waals surface area contributed by atoms with E-state index in [4.69, 9.17) is 9.41 Å². The van der Waals surface area contributed by atoms with Gasteiger partial charge in [0.05, 0.1) is 12.2 Å². The van der Waals surface area contributed by atoms with Gasteiger partial charge in [0.25, 0.3) is 0 Å². The molecule has 0 unspecified atom stereocenters. The maximum absolute atomic E-state index is 5.93. The Morgan fingerprint density at radius 2 is 2.29 bits per heavy atom. The molecule has 0 spiro atoms. The number of piperazine rings is 1. The van der Waals surface area contributed by atoms with Crippen molar-refractivity contribution in [3.8, 4) is 0 Å². The number of fused-ring (bicyclic) bond motifs is 6. The van der Waals surface area contributed by atoms with Gasteiger partial charge in [0.15, 0.2) is 5.76 Å². The summed E-state index contributed by atoms with van der Waals surface area (Å²) in [6.45, 7) is 7.16. The summed E-state index contributed by atoms with van der Waals surface area (Å²) < 4.78 is 6.96. The number of nitrogens with one attached hydrogen (secondary N) is 2. The van der Waals surface area contributed by atoms with Gasteiger partial charge in [0, 0.05) is 35.0 Å². The minimum absolute atomic E-state index is 0.615. The third-order valence-corrected chi connectivity index (χ3v) is 5.75. The number of halogens is 1. The normalized spacial score (nSPS) is 26.4. The van der Waals surface area contributed by atoms with Crippen molar-refractivity contribution in [2.45, 2.75) is 24.9 Å². The van der Waals surface area contributed by atoms with Gasteiger partial charge in [-0.1, -0.05) is 22.5 Å². The van der Waals surface area contributed by atoms with Crippen LogP contribution in [0.2, 0.25) is 0 Å². The second-order valence-electron chi connectivity index (χ2n) is 6.85. The van der Waals surface area contributed by atoms with Crippen LogP contribution in [0.1, 0.15) is 18.6 Å². The summed E-state index contributed by atoms with van der Waals surface area (Å²) in [6.07, 6.45) is 2.57. The summed E-state index contributed by atoms with van der Waals surface area (Å²) in [4.78, 5) is 7.41. The fourth-order valence-electron chi connectivity index (χ4n) is 4.03. The molecule has 0 saturated carbocycles. The quantitative estimate of drug-likeness (QED) is 0.831. The molecule has 4 aliphatic heterocycles. The van der Waals surface area contributed by atoms with E-state index >= 15 is 0 Å². The maximum Gasteiger partial charge on any atom is 0.176 e. The van der Waals surface area contributed by atoms with Crippen LogP contribution < -0.4 is 10.6 Å². The van der Waals surface area contributed by atoms with Gasteiger partial charge < -0.3 is 15.1 Å². The summed E-state index contributed by atoms with van der Waals surface area (Å²) in [5.74, 6) is 1.71. The molecular formula is C18H19BrN4O. The summed E-state index contributed by atoms with van der Waals surface area (Å²) in [6, 6.07) is 7.25. The second-order valence-corrected chi connectivity index (χ2v) is 7.76. The van der Waals surface area contributed by atoms with Gasteiger partial charge in [-0.05, 0) is 31.0 Å². The smallest absolute Gasteiger partial charge is 0.176 e. The van der Waals surface area contributed by atoms with E-state index in [1.54, 1.807) is 0 Å². The van der Waals surface area contributed by atoms with Crippen molar-refractivity contribution in [3.05, 3.63) is 35.0 Å². The van der Waals surface area contributed by atoms with Gasteiger partial charge in [-0.2, -0.15) is 0 Å². The molecule has 2 bridgehead atoms. The average Bonchev–Trinajstić information content (AvgIpc) is 2.95. The van der Waals surface area contributed by atoms with Gasteiger partial charge in [-0.15, -0.1) is 0 Å². The lowest BCUT2D eigenvalue weighted by Gasteiger charge is -2.46. The zero-order valence-corrected chi connectivity index (χ0v) is 14.9. The van der Waals surface area contributed by atoms with E-state index in [-0.39, 0.29) is 0 Å². The first-order chi connectivity index (χ1) is 11.7. The summed E-state index contributed by atoms with van der Waals surface area (Å²) in [7, 11) is 0. The lowest BCUT2D eigenvalue weighted by Crippen LogP contribution is -2.62. The van der Waals surface area contributed by atoms with Crippen LogP contribution in [-0.2, 0) is 0 Å². The zero-order valence-electron chi connectivity index (χ0n) is 13.3. The molecule has 4 aliphatic rings. The molecule has 6 heteroatoms. The Balaban J connectivity index is 1.50. The number of rotatable bonds is 2. The number of aliphatic imine (C=N–C) groups is 1. The Morgan fingerprint density at radius 1 is 1.38 bits per heavy atom. The fraction of sp³-hybridized carbons (Fsp3) is 0.389. The number of nitrogens with zero attached hydrogens (tertiary/aromatic N) is 2. The predicted octanol–water partition coefficient (Wildman–Crippen LogP) is 3.24. The topological polar surface area (TPSA) is 52.8 Å². The molecule has 3 saturated heterocycles. The van der Waals surface area contributed by atoms with Gasteiger partial charge in [-0.3, -0.25) is 4.90 Å². The molecule has 2 N–H and O–H groups in total. The first kappa shape index (κ1) is 14.7.